The van der Waals surface area contributed by atoms with E-state index in [0.29, 0.717) is 0 Å². The fourth-order valence-corrected chi connectivity index (χ4v) is 10.3. The number of rotatable bonds is 10. The van der Waals surface area contributed by atoms with Crippen LogP contribution in [0.15, 0.2) is 91.0 Å². The van der Waals surface area contributed by atoms with Crippen molar-refractivity contribution in [2.45, 2.75) is 36.3 Å². The van der Waals surface area contributed by atoms with E-state index in [-0.39, 0.29) is 5.56 Å². The third kappa shape index (κ3) is 9.54. The Morgan fingerprint density at radius 2 is 1.06 bits per heavy atom. The van der Waals surface area contributed by atoms with E-state index in [0.717, 1.165) is 6.54 Å². The molecule has 0 spiro atoms. The number of benzene rings is 3. The Labute approximate surface area is 293 Å². The average molecular weight is 1070 g/mol. The first-order valence-corrected chi connectivity index (χ1v) is 21.7. The summed E-state index contributed by atoms with van der Waals surface area (Å²) in [6, 6.07) is 25.3. The summed E-state index contributed by atoms with van der Waals surface area (Å²) >= 11 is -4.31. The number of alkyl halides is 4. The van der Waals surface area contributed by atoms with Gasteiger partial charge in [0.25, 0.3) is 0 Å². The molecule has 5 rings (SSSR count). The summed E-state index contributed by atoms with van der Waals surface area (Å²) < 4.78 is 78.8. The molecule has 0 aromatic heterocycles. The van der Waals surface area contributed by atoms with Crippen LogP contribution in [0.3, 0.4) is 0 Å². The van der Waals surface area contributed by atoms with Crippen LogP contribution in [0.4, 0.5) is 27.2 Å². The molecule has 2 aliphatic rings. The van der Waals surface area contributed by atoms with Gasteiger partial charge in [0.1, 0.15) is 0 Å². The van der Waals surface area contributed by atoms with Crippen LogP contribution in [0.25, 0.3) is 0 Å². The molecule has 0 aliphatic carbocycles. The number of carbonyl (C=O) groups is 5. The third-order valence-corrected chi connectivity index (χ3v) is 13.9. The van der Waals surface area contributed by atoms with E-state index in [9.17, 15) is 41.5 Å². The van der Waals surface area contributed by atoms with Crippen LogP contribution in [0, 0.1) is 0 Å². The molecule has 0 radical (unpaired) electrons. The number of aliphatic hydroxyl groups is 1. The molecule has 48 heavy (non-hydrogen) atoms. The normalized spacial score (nSPS) is 21.9. The van der Waals surface area contributed by atoms with E-state index in [1.807, 2.05) is 0 Å². The van der Waals surface area contributed by atoms with E-state index >= 15 is 0 Å². The van der Waals surface area contributed by atoms with Gasteiger partial charge in [-0.3, -0.25) is 0 Å². The first-order chi connectivity index (χ1) is 22.8. The molecule has 0 amide bonds. The molecule has 11 nitrogen and oxygen atoms in total. The molecule has 4 atom stereocenters. The van der Waals surface area contributed by atoms with Gasteiger partial charge in [-0.25, -0.2) is 0 Å². The van der Waals surface area contributed by atoms with Crippen LogP contribution in [0.5, 0.6) is 0 Å². The van der Waals surface area contributed by atoms with Crippen molar-refractivity contribution in [3.05, 3.63) is 96.6 Å². The van der Waals surface area contributed by atoms with Gasteiger partial charge in [0, 0.05) is 0 Å². The monoisotopic (exact) mass is 1070 g/mol. The van der Waals surface area contributed by atoms with Crippen molar-refractivity contribution >= 4 is 78.3 Å². The zero-order valence-corrected chi connectivity index (χ0v) is 32.2. The van der Waals surface area contributed by atoms with Crippen LogP contribution in [-0.4, -0.2) is 126 Å². The average Bonchev–Trinajstić information content (AvgIpc) is 3.42. The Balaban J connectivity index is 0.000000229. The van der Waals surface area contributed by atoms with Gasteiger partial charge in [-0.2, -0.15) is 0 Å². The molecule has 3 aromatic rings. The fraction of sp³-hybridized carbons (Fsp3) is 0.258. The van der Waals surface area contributed by atoms with Crippen LogP contribution in [-0.2, 0) is 33.3 Å². The number of esters is 3. The van der Waals surface area contributed by atoms with E-state index in [1.165, 1.54) is 12.1 Å². The second kappa shape index (κ2) is 16.7. The van der Waals surface area contributed by atoms with Crippen LogP contribution in [0.2, 0.25) is 0 Å². The Bertz CT molecular complexity index is 1600. The standard InChI is InChI=1S/C13H9F2O6.C6H5F2O5.2C6H5.2Bi.2H/c14-13(15)10(20-7-16)9(21-12(13)18)6-19-11(17)8-4-2-1-3-5-8;7-6(8)4(12-2-10)3(1-9)13-5(6)11;2*1-2-4-6-5-3-1;;;;/h1-5,9-10H,6H2;3-4,9H,1H2;2*1-5H;;;;/t9-,10+;3-,4+;;;;;;/m11....../s1. The van der Waals surface area contributed by atoms with Gasteiger partial charge in [0.05, 0.1) is 0 Å². The van der Waals surface area contributed by atoms with Crippen LogP contribution >= 0.6 is 0 Å². The minimum absolute atomic E-state index is 0.214. The van der Waals surface area contributed by atoms with Crippen LogP contribution in [0.1, 0.15) is 10.4 Å². The van der Waals surface area contributed by atoms with Crippen molar-refractivity contribution in [3.8, 4) is 0 Å². The summed E-state index contributed by atoms with van der Waals surface area (Å²) in [4.78, 5) is 58.2. The Hall–Kier alpha value is -3.54. The summed E-state index contributed by atoms with van der Waals surface area (Å²) in [5.41, 5.74) is 0.214. The summed E-state index contributed by atoms with van der Waals surface area (Å²) in [6.07, 6.45) is -7.27. The molecule has 0 saturated carbocycles. The molecule has 254 valence electrons. The zero-order valence-electron chi connectivity index (χ0n) is 24.4. The molecule has 2 saturated heterocycles. The van der Waals surface area contributed by atoms with Crippen molar-refractivity contribution in [3.63, 3.8) is 0 Å². The molecule has 2 aliphatic heterocycles. The van der Waals surface area contributed by atoms with Crippen molar-refractivity contribution in [2.75, 3.05) is 13.2 Å². The molecular weight excluding hydrogens is 1040 g/mol. The van der Waals surface area contributed by atoms with E-state index in [1.54, 1.807) is 78.9 Å². The van der Waals surface area contributed by atoms with Crippen molar-refractivity contribution in [1.82, 2.24) is 0 Å². The van der Waals surface area contributed by atoms with Gasteiger partial charge >= 0.3 is 295 Å². The predicted molar refractivity (Wildman–Crippen MR) is 160 cm³/mol. The van der Waals surface area contributed by atoms with E-state index in [2.05, 4.69) is 9.47 Å². The van der Waals surface area contributed by atoms with Gasteiger partial charge in [-0.05, 0) is 0 Å². The predicted octanol–water partition coefficient (Wildman–Crippen LogP) is 1.48. The Kier molecular flexibility index (Phi) is 13.0. The number of aliphatic hydroxyl groups excluding tert-OH is 1. The molecule has 17 heteroatoms. The Morgan fingerprint density at radius 3 is 1.50 bits per heavy atom. The number of carbonyl (C=O) groups excluding carboxylic acids is 5. The summed E-state index contributed by atoms with van der Waals surface area (Å²) in [7, 11) is 0. The number of hydrogen-bond donors (Lipinski definition) is 1. The number of hydrogen-bond acceptors (Lipinski definition) is 11. The summed E-state index contributed by atoms with van der Waals surface area (Å²) in [5, 5.41) is 8.90. The quantitative estimate of drug-likeness (QED) is 0.136. The van der Waals surface area contributed by atoms with Gasteiger partial charge in [0.2, 0.25) is 0 Å². The maximum absolute atomic E-state index is 14.1. The molecule has 0 unspecified atom stereocenters. The second-order valence-electron chi connectivity index (χ2n) is 9.91. The van der Waals surface area contributed by atoms with Gasteiger partial charge in [0.15, 0.2) is 0 Å². The molecule has 2 fully saturated rings. The summed E-state index contributed by atoms with van der Waals surface area (Å²) in [5.74, 6) is -12.3. The maximum atomic E-state index is 14.1. The molecule has 0 bridgehead atoms. The fourth-order valence-electron chi connectivity index (χ4n) is 4.19. The number of cyclic esters (lactones) is 2. The molecule has 1 N–H and O–H groups in total. The van der Waals surface area contributed by atoms with Gasteiger partial charge in [-0.15, -0.1) is 0 Å². The molecule has 2 heterocycles. The van der Waals surface area contributed by atoms with Crippen LogP contribution < -0.4 is 6.54 Å². The second-order valence-corrected chi connectivity index (χ2v) is 19.5. The first kappa shape index (κ1) is 37.3. The summed E-state index contributed by atoms with van der Waals surface area (Å²) in [6.45, 7) is -1.47. The first-order valence-electron chi connectivity index (χ1n) is 13.9. The zero-order chi connectivity index (χ0) is 34.9. The van der Waals surface area contributed by atoms with Crippen molar-refractivity contribution < 1.29 is 70.3 Å². The topological polar surface area (TPSA) is 152 Å². The third-order valence-electron chi connectivity index (χ3n) is 6.53. The van der Waals surface area contributed by atoms with Gasteiger partial charge < -0.3 is 0 Å². The SMILES string of the molecule is O=[C](O[C@H]1[C@@H](CO)OC(=O)C1(F)F)[BiH][c]1ccccc1.O=[C](O[C@H]1[C@@H](COC(=O)c2ccccc2)OC(=O)C1(F)F)[BiH][c]1ccccc1. The van der Waals surface area contributed by atoms with E-state index in [4.69, 9.17) is 19.3 Å². The number of halogens is 4. The number of ether oxygens (including phenoxy) is 5. The molecular formula is C31H26Bi2F4O11. The van der Waals surface area contributed by atoms with Crippen molar-refractivity contribution in [2.24, 2.45) is 0 Å². The minimum atomic E-state index is -4.00. The molecule has 3 aromatic carbocycles. The van der Waals surface area contributed by atoms with Gasteiger partial charge in [-0.1, -0.05) is 0 Å². The Morgan fingerprint density at radius 1 is 0.667 bits per heavy atom. The van der Waals surface area contributed by atoms with Crippen molar-refractivity contribution in [1.29, 1.82) is 0 Å². The van der Waals surface area contributed by atoms with E-state index < -0.39 is 121 Å².